The van der Waals surface area contributed by atoms with Gasteiger partial charge >= 0.3 is 12.1 Å². The van der Waals surface area contributed by atoms with E-state index in [2.05, 4.69) is 18.3 Å². The number of hydrogen-bond acceptors (Lipinski definition) is 5. The van der Waals surface area contributed by atoms with Gasteiger partial charge in [-0.25, -0.2) is 9.59 Å². The van der Waals surface area contributed by atoms with Crippen molar-refractivity contribution in [1.82, 2.24) is 4.90 Å². The van der Waals surface area contributed by atoms with Gasteiger partial charge in [-0.1, -0.05) is 36.4 Å². The summed E-state index contributed by atoms with van der Waals surface area (Å²) in [5, 5.41) is 0. The fourth-order valence-electron chi connectivity index (χ4n) is 4.83. The van der Waals surface area contributed by atoms with Crippen molar-refractivity contribution >= 4 is 18.8 Å². The van der Waals surface area contributed by atoms with Crippen molar-refractivity contribution in [3.63, 3.8) is 0 Å². The fourth-order valence-corrected chi connectivity index (χ4v) is 4.83. The van der Waals surface area contributed by atoms with Crippen LogP contribution in [-0.2, 0) is 20.9 Å². The number of esters is 1. The van der Waals surface area contributed by atoms with Gasteiger partial charge in [0.25, 0.3) is 0 Å². The van der Waals surface area contributed by atoms with Crippen LogP contribution in [0, 0.1) is 17.8 Å². The zero-order chi connectivity index (χ0) is 21.9. The third kappa shape index (κ3) is 4.42. The van der Waals surface area contributed by atoms with Crippen molar-refractivity contribution in [2.24, 2.45) is 22.7 Å². The van der Waals surface area contributed by atoms with Crippen LogP contribution in [0.15, 0.2) is 48.0 Å². The first-order chi connectivity index (χ1) is 14.2. The van der Waals surface area contributed by atoms with E-state index in [1.165, 1.54) is 0 Å². The summed E-state index contributed by atoms with van der Waals surface area (Å²) < 4.78 is 11.2. The number of hydrogen-bond donors (Lipinski definition) is 0. The molecule has 1 saturated heterocycles. The van der Waals surface area contributed by atoms with Crippen LogP contribution in [0.1, 0.15) is 39.2 Å². The third-order valence-electron chi connectivity index (χ3n) is 6.12. The standard InChI is InChI=1S/C24H32N2O4/c1-6-10-20-19-15-26(22(28)30-23(2,3)4)14-18(19)13-24(20,25-5)21(27)29-16-17-11-8-7-9-12-17/h6-9,11-12,18-20H,1,5,10,13-16H2,2-4H3/t18-,19+,20?,24?/m0/s1. The molecular formula is C24H32N2O4. The van der Waals surface area contributed by atoms with Gasteiger partial charge in [-0.3, -0.25) is 4.99 Å². The van der Waals surface area contributed by atoms with E-state index < -0.39 is 11.1 Å². The minimum atomic E-state index is -1.00. The highest BCUT2D eigenvalue weighted by atomic mass is 16.6. The SMILES string of the molecule is C=CCC1[C@@H]2CN(C(=O)OC(C)(C)C)C[C@@H]2CC1(N=C)C(=O)OCc1ccccc1. The first-order valence-electron chi connectivity index (χ1n) is 10.5. The number of benzene rings is 1. The predicted octanol–water partition coefficient (Wildman–Crippen LogP) is 4.25. The van der Waals surface area contributed by atoms with Crippen molar-refractivity contribution in [2.45, 2.75) is 51.4 Å². The van der Waals surface area contributed by atoms with Crippen molar-refractivity contribution in [1.29, 1.82) is 0 Å². The molecule has 6 heteroatoms. The molecule has 1 amide bonds. The second-order valence-corrected chi connectivity index (χ2v) is 9.29. The summed E-state index contributed by atoms with van der Waals surface area (Å²) in [6.45, 7) is 14.5. The zero-order valence-corrected chi connectivity index (χ0v) is 18.2. The highest BCUT2D eigenvalue weighted by Gasteiger charge is 2.60. The van der Waals surface area contributed by atoms with Gasteiger partial charge in [-0.2, -0.15) is 0 Å². The minimum absolute atomic E-state index is 0.104. The van der Waals surface area contributed by atoms with Crippen LogP contribution in [0.25, 0.3) is 0 Å². The van der Waals surface area contributed by atoms with E-state index in [-0.39, 0.29) is 36.4 Å². The maximum absolute atomic E-state index is 13.2. The zero-order valence-electron chi connectivity index (χ0n) is 18.2. The van der Waals surface area contributed by atoms with E-state index in [4.69, 9.17) is 9.47 Å². The van der Waals surface area contributed by atoms with E-state index in [9.17, 15) is 9.59 Å². The molecule has 1 heterocycles. The minimum Gasteiger partial charge on any atom is -0.459 e. The van der Waals surface area contributed by atoms with Crippen LogP contribution in [0.2, 0.25) is 0 Å². The molecule has 1 aliphatic carbocycles. The summed E-state index contributed by atoms with van der Waals surface area (Å²) in [6, 6.07) is 9.59. The summed E-state index contributed by atoms with van der Waals surface area (Å²) in [4.78, 5) is 31.8. The van der Waals surface area contributed by atoms with Crippen molar-refractivity contribution < 1.29 is 19.1 Å². The topological polar surface area (TPSA) is 68.2 Å². The Morgan fingerprint density at radius 1 is 1.27 bits per heavy atom. The van der Waals surface area contributed by atoms with Crippen molar-refractivity contribution in [3.8, 4) is 0 Å². The smallest absolute Gasteiger partial charge is 0.410 e. The Kier molecular flexibility index (Phi) is 6.34. The molecule has 1 aromatic rings. The molecular weight excluding hydrogens is 380 g/mol. The number of carbonyl (C=O) groups excluding carboxylic acids is 2. The Morgan fingerprint density at radius 3 is 2.57 bits per heavy atom. The van der Waals surface area contributed by atoms with Gasteiger partial charge in [0, 0.05) is 19.0 Å². The molecule has 6 nitrogen and oxygen atoms in total. The molecule has 1 aliphatic heterocycles. The molecule has 2 fully saturated rings. The summed E-state index contributed by atoms with van der Waals surface area (Å²) in [6.07, 6.45) is 2.64. The number of aliphatic imine (C=N–C) groups is 1. The molecule has 2 unspecified atom stereocenters. The maximum Gasteiger partial charge on any atom is 0.410 e. The molecule has 4 atom stereocenters. The van der Waals surface area contributed by atoms with Crippen LogP contribution in [0.3, 0.4) is 0 Å². The average molecular weight is 413 g/mol. The number of likely N-dealkylation sites (tertiary alicyclic amines) is 1. The summed E-state index contributed by atoms with van der Waals surface area (Å²) in [7, 11) is 0. The Morgan fingerprint density at radius 2 is 1.97 bits per heavy atom. The first kappa shape index (κ1) is 22.1. The molecule has 1 aromatic carbocycles. The number of nitrogens with zero attached hydrogens (tertiary/aromatic N) is 2. The molecule has 1 saturated carbocycles. The van der Waals surface area contributed by atoms with Crippen molar-refractivity contribution in [2.75, 3.05) is 13.1 Å². The predicted molar refractivity (Wildman–Crippen MR) is 116 cm³/mol. The number of carbonyl (C=O) groups is 2. The van der Waals surface area contributed by atoms with E-state index in [0.29, 0.717) is 25.9 Å². The van der Waals surface area contributed by atoms with Crippen LogP contribution in [0.5, 0.6) is 0 Å². The number of fused-ring (bicyclic) bond motifs is 1. The highest BCUT2D eigenvalue weighted by Crippen LogP contribution is 2.52. The molecule has 3 rings (SSSR count). The molecule has 30 heavy (non-hydrogen) atoms. The van der Waals surface area contributed by atoms with Crippen LogP contribution >= 0.6 is 0 Å². The molecule has 0 bridgehead atoms. The lowest BCUT2D eigenvalue weighted by Crippen LogP contribution is -2.45. The molecule has 0 N–H and O–H groups in total. The lowest BCUT2D eigenvalue weighted by molar-refractivity contribution is -0.153. The molecule has 0 radical (unpaired) electrons. The number of amides is 1. The van der Waals surface area contributed by atoms with Gasteiger partial charge in [-0.05, 0) is 57.7 Å². The van der Waals surface area contributed by atoms with Gasteiger partial charge in [0.2, 0.25) is 0 Å². The van der Waals surface area contributed by atoms with Gasteiger partial charge in [0.05, 0.1) is 0 Å². The molecule has 0 spiro atoms. The first-order valence-corrected chi connectivity index (χ1v) is 10.5. The highest BCUT2D eigenvalue weighted by molar-refractivity contribution is 5.83. The van der Waals surface area contributed by atoms with E-state index in [0.717, 1.165) is 5.56 Å². The van der Waals surface area contributed by atoms with Crippen molar-refractivity contribution in [3.05, 3.63) is 48.6 Å². The van der Waals surface area contributed by atoms with Gasteiger partial charge < -0.3 is 14.4 Å². The summed E-state index contributed by atoms with van der Waals surface area (Å²) >= 11 is 0. The van der Waals surface area contributed by atoms with E-state index in [1.807, 2.05) is 57.2 Å². The Hall–Kier alpha value is -2.63. The van der Waals surface area contributed by atoms with Gasteiger partial charge in [0.1, 0.15) is 12.2 Å². The Labute approximate surface area is 179 Å². The number of ether oxygens (including phenoxy) is 2. The lowest BCUT2D eigenvalue weighted by Gasteiger charge is -2.32. The molecule has 162 valence electrons. The summed E-state index contributed by atoms with van der Waals surface area (Å²) in [5.74, 6) is -0.165. The van der Waals surface area contributed by atoms with E-state index in [1.54, 1.807) is 4.90 Å². The Balaban J connectivity index is 1.74. The third-order valence-corrected chi connectivity index (χ3v) is 6.12. The number of rotatable bonds is 6. The average Bonchev–Trinajstić information content (AvgIpc) is 3.23. The van der Waals surface area contributed by atoms with Crippen LogP contribution in [0.4, 0.5) is 4.79 Å². The van der Waals surface area contributed by atoms with Gasteiger partial charge in [0.15, 0.2) is 5.54 Å². The quantitative estimate of drug-likeness (QED) is 0.398. The second-order valence-electron chi connectivity index (χ2n) is 9.29. The maximum atomic E-state index is 13.2. The lowest BCUT2D eigenvalue weighted by atomic mass is 9.80. The summed E-state index contributed by atoms with van der Waals surface area (Å²) in [5.41, 5.74) is -0.610. The molecule has 0 aromatic heterocycles. The van der Waals surface area contributed by atoms with E-state index >= 15 is 0 Å². The second kappa shape index (κ2) is 8.62. The largest absolute Gasteiger partial charge is 0.459 e. The van der Waals surface area contributed by atoms with Crippen LogP contribution in [-0.4, -0.2) is 47.9 Å². The van der Waals surface area contributed by atoms with Gasteiger partial charge in [-0.15, -0.1) is 6.58 Å². The fraction of sp³-hybridized carbons (Fsp3) is 0.542. The van der Waals surface area contributed by atoms with Crippen LogP contribution < -0.4 is 0 Å². The normalized spacial score (nSPS) is 28.0. The monoisotopic (exact) mass is 412 g/mol. The molecule has 2 aliphatic rings. The number of allylic oxidation sites excluding steroid dienone is 1. The Bertz CT molecular complexity index is 801.